The molecule has 0 saturated heterocycles. The van der Waals surface area contributed by atoms with E-state index in [0.717, 1.165) is 0 Å². The van der Waals surface area contributed by atoms with E-state index in [1.807, 2.05) is 6.26 Å². The van der Waals surface area contributed by atoms with Crippen LogP contribution < -0.4 is 5.32 Å². The number of thioether (sulfide) groups is 1. The lowest BCUT2D eigenvalue weighted by atomic mass is 9.98. The Kier molecular flexibility index (Phi) is 4.84. The van der Waals surface area contributed by atoms with Gasteiger partial charge in [0.25, 0.3) is 5.91 Å². The van der Waals surface area contributed by atoms with E-state index in [-0.39, 0.29) is 18.1 Å². The number of amides is 1. The first kappa shape index (κ1) is 14.6. The fourth-order valence-corrected chi connectivity index (χ4v) is 1.78. The summed E-state index contributed by atoms with van der Waals surface area (Å²) in [6, 6.07) is 3.33. The Bertz CT molecular complexity index is 439. The second-order valence-corrected chi connectivity index (χ2v) is 5.37. The second-order valence-electron chi connectivity index (χ2n) is 4.55. The van der Waals surface area contributed by atoms with E-state index in [0.29, 0.717) is 11.5 Å². The van der Waals surface area contributed by atoms with E-state index in [2.05, 4.69) is 5.32 Å². The second kappa shape index (κ2) is 5.95. The molecule has 1 rings (SSSR count). The van der Waals surface area contributed by atoms with Gasteiger partial charge in [0.15, 0.2) is 10.9 Å². The molecule has 1 aromatic rings. The molecule has 100 valence electrons. The van der Waals surface area contributed by atoms with Crippen molar-refractivity contribution < 1.29 is 19.1 Å². The molecule has 6 heteroatoms. The molecule has 0 aliphatic rings. The minimum Gasteiger partial charge on any atom is -0.481 e. The van der Waals surface area contributed by atoms with Crippen molar-refractivity contribution in [3.8, 4) is 0 Å². The summed E-state index contributed by atoms with van der Waals surface area (Å²) in [6.07, 6.45) is 2.24. The topological polar surface area (TPSA) is 79.5 Å². The molecular formula is C12H17NO4S. The third-order valence-electron chi connectivity index (χ3n) is 2.42. The third kappa shape index (κ3) is 4.44. The highest BCUT2D eigenvalue weighted by atomic mass is 32.2. The van der Waals surface area contributed by atoms with Gasteiger partial charge in [0.05, 0.1) is 0 Å². The fourth-order valence-electron chi connectivity index (χ4n) is 1.40. The van der Waals surface area contributed by atoms with Crippen molar-refractivity contribution in [1.82, 2.24) is 5.32 Å². The number of rotatable bonds is 6. The minimum absolute atomic E-state index is 0.0154. The van der Waals surface area contributed by atoms with Crippen LogP contribution >= 0.6 is 11.8 Å². The van der Waals surface area contributed by atoms with Crippen LogP contribution in [0.1, 0.15) is 37.2 Å². The molecule has 18 heavy (non-hydrogen) atoms. The van der Waals surface area contributed by atoms with Crippen molar-refractivity contribution in [2.75, 3.05) is 6.26 Å². The van der Waals surface area contributed by atoms with Crippen LogP contribution in [-0.4, -0.2) is 28.8 Å². The van der Waals surface area contributed by atoms with Crippen molar-refractivity contribution in [2.24, 2.45) is 0 Å². The van der Waals surface area contributed by atoms with Crippen LogP contribution in [0.3, 0.4) is 0 Å². The van der Waals surface area contributed by atoms with Crippen molar-refractivity contribution in [3.63, 3.8) is 0 Å². The Morgan fingerprint density at radius 1 is 1.44 bits per heavy atom. The Hall–Kier alpha value is -1.43. The number of hydrogen-bond acceptors (Lipinski definition) is 4. The van der Waals surface area contributed by atoms with Crippen molar-refractivity contribution in [2.45, 2.75) is 37.3 Å². The maximum absolute atomic E-state index is 11.9. The highest BCUT2D eigenvalue weighted by molar-refractivity contribution is 7.98. The van der Waals surface area contributed by atoms with Crippen molar-refractivity contribution in [1.29, 1.82) is 0 Å². The van der Waals surface area contributed by atoms with Crippen LogP contribution in [0.2, 0.25) is 0 Å². The van der Waals surface area contributed by atoms with Crippen molar-refractivity contribution in [3.05, 3.63) is 17.9 Å². The summed E-state index contributed by atoms with van der Waals surface area (Å²) < 4.78 is 5.30. The van der Waals surface area contributed by atoms with Crippen LogP contribution in [0.5, 0.6) is 0 Å². The van der Waals surface area contributed by atoms with E-state index in [9.17, 15) is 9.59 Å². The van der Waals surface area contributed by atoms with Gasteiger partial charge in [-0.15, -0.1) is 0 Å². The van der Waals surface area contributed by atoms with Gasteiger partial charge in [0.1, 0.15) is 0 Å². The molecule has 0 unspecified atom stereocenters. The molecule has 1 amide bonds. The van der Waals surface area contributed by atoms with Gasteiger partial charge in [-0.05, 0) is 38.7 Å². The first-order chi connectivity index (χ1) is 8.34. The zero-order valence-electron chi connectivity index (χ0n) is 10.6. The molecular weight excluding hydrogens is 254 g/mol. The fraction of sp³-hybridized carbons (Fsp3) is 0.500. The smallest absolute Gasteiger partial charge is 0.303 e. The Labute approximate surface area is 110 Å². The predicted molar refractivity (Wildman–Crippen MR) is 68.9 cm³/mol. The zero-order chi connectivity index (χ0) is 13.8. The molecule has 1 aromatic heterocycles. The average Bonchev–Trinajstić information content (AvgIpc) is 2.74. The number of nitrogens with one attached hydrogen (secondary N) is 1. The van der Waals surface area contributed by atoms with E-state index in [1.165, 1.54) is 11.8 Å². The predicted octanol–water partition coefficient (Wildman–Crippen LogP) is 2.37. The number of carbonyl (C=O) groups is 2. The number of carboxylic acid groups (broad SMARTS) is 1. The molecule has 0 bridgehead atoms. The van der Waals surface area contributed by atoms with Crippen LogP contribution in [0, 0.1) is 0 Å². The maximum Gasteiger partial charge on any atom is 0.303 e. The van der Waals surface area contributed by atoms with E-state index in [1.54, 1.807) is 26.0 Å². The van der Waals surface area contributed by atoms with Gasteiger partial charge in [0.2, 0.25) is 0 Å². The molecule has 0 radical (unpaired) electrons. The molecule has 0 aliphatic heterocycles. The molecule has 2 N–H and O–H groups in total. The summed E-state index contributed by atoms with van der Waals surface area (Å²) in [5.74, 6) is -0.964. The number of carbonyl (C=O) groups excluding carboxylic acids is 1. The Balaban J connectivity index is 2.60. The summed E-state index contributed by atoms with van der Waals surface area (Å²) in [5.41, 5.74) is -0.582. The van der Waals surface area contributed by atoms with Gasteiger partial charge in [-0.1, -0.05) is 11.8 Å². The summed E-state index contributed by atoms with van der Waals surface area (Å²) in [6.45, 7) is 3.57. The third-order valence-corrected chi connectivity index (χ3v) is 3.04. The Morgan fingerprint density at radius 3 is 2.61 bits per heavy atom. The number of aliphatic carboxylic acids is 1. The average molecular weight is 271 g/mol. The monoisotopic (exact) mass is 271 g/mol. The summed E-state index contributed by atoms with van der Waals surface area (Å²) >= 11 is 1.41. The number of carboxylic acids is 1. The quantitative estimate of drug-likeness (QED) is 0.776. The summed E-state index contributed by atoms with van der Waals surface area (Å²) in [4.78, 5) is 22.4. The largest absolute Gasteiger partial charge is 0.481 e. The van der Waals surface area contributed by atoms with Gasteiger partial charge in [-0.25, -0.2) is 0 Å². The molecule has 0 atom stereocenters. The number of furan rings is 1. The maximum atomic E-state index is 11.9. The Morgan fingerprint density at radius 2 is 2.11 bits per heavy atom. The molecule has 1 heterocycles. The van der Waals surface area contributed by atoms with Crippen LogP contribution in [0.25, 0.3) is 0 Å². The zero-order valence-corrected chi connectivity index (χ0v) is 11.5. The first-order valence-electron chi connectivity index (χ1n) is 5.52. The lowest BCUT2D eigenvalue weighted by molar-refractivity contribution is -0.137. The summed E-state index contributed by atoms with van der Waals surface area (Å²) in [7, 11) is 0. The van der Waals surface area contributed by atoms with Gasteiger partial charge in [0, 0.05) is 12.0 Å². The van der Waals surface area contributed by atoms with Crippen LogP contribution in [-0.2, 0) is 4.79 Å². The molecule has 0 aliphatic carbocycles. The molecule has 0 spiro atoms. The van der Waals surface area contributed by atoms with Crippen LogP contribution in [0.15, 0.2) is 21.6 Å². The number of hydrogen-bond donors (Lipinski definition) is 2. The van der Waals surface area contributed by atoms with Gasteiger partial charge in [-0.2, -0.15) is 0 Å². The highest BCUT2D eigenvalue weighted by Gasteiger charge is 2.23. The van der Waals surface area contributed by atoms with Gasteiger partial charge in [-0.3, -0.25) is 9.59 Å². The van der Waals surface area contributed by atoms with E-state index < -0.39 is 11.5 Å². The highest BCUT2D eigenvalue weighted by Crippen LogP contribution is 2.19. The molecule has 0 saturated carbocycles. The lowest BCUT2D eigenvalue weighted by Crippen LogP contribution is -2.43. The van der Waals surface area contributed by atoms with E-state index in [4.69, 9.17) is 9.52 Å². The lowest BCUT2D eigenvalue weighted by Gasteiger charge is -2.24. The van der Waals surface area contributed by atoms with Gasteiger partial charge < -0.3 is 14.8 Å². The molecule has 5 nitrogen and oxygen atoms in total. The molecule has 0 aromatic carbocycles. The van der Waals surface area contributed by atoms with Crippen LogP contribution in [0.4, 0.5) is 0 Å². The minimum atomic E-state index is -0.875. The first-order valence-corrected chi connectivity index (χ1v) is 6.75. The summed E-state index contributed by atoms with van der Waals surface area (Å²) in [5, 5.41) is 12.1. The van der Waals surface area contributed by atoms with Crippen molar-refractivity contribution >= 4 is 23.6 Å². The molecule has 0 fully saturated rings. The SMILES string of the molecule is CSc1ccc(C(=O)NC(C)(C)CCC(=O)O)o1. The van der Waals surface area contributed by atoms with Gasteiger partial charge >= 0.3 is 5.97 Å². The van der Waals surface area contributed by atoms with E-state index >= 15 is 0 Å². The normalized spacial score (nSPS) is 11.3. The standard InChI is InChI=1S/C12H17NO4S/c1-12(2,7-6-9(14)15)13-11(16)8-4-5-10(17-8)18-3/h4-5H,6-7H2,1-3H3,(H,13,16)(H,14,15).